The van der Waals surface area contributed by atoms with Crippen molar-refractivity contribution >= 4 is 11.6 Å². The Morgan fingerprint density at radius 3 is 3.10 bits per heavy atom. The molecule has 3 nitrogen and oxygen atoms in total. The predicted octanol–water partition coefficient (Wildman–Crippen LogP) is 3.65. The van der Waals surface area contributed by atoms with E-state index in [0.29, 0.717) is 16.8 Å². The first kappa shape index (κ1) is 13.6. The summed E-state index contributed by atoms with van der Waals surface area (Å²) < 4.78 is 15.7. The second kappa shape index (κ2) is 5.54. The highest BCUT2D eigenvalue weighted by molar-refractivity contribution is 6.32. The van der Waals surface area contributed by atoms with Gasteiger partial charge in [-0.15, -0.1) is 0 Å². The number of para-hydroxylation sites is 1. The number of aromatic nitrogens is 2. The van der Waals surface area contributed by atoms with Gasteiger partial charge in [-0.2, -0.15) is 5.10 Å². The molecule has 0 spiro atoms. The van der Waals surface area contributed by atoms with E-state index in [2.05, 4.69) is 17.3 Å². The number of benzene rings is 1. The largest absolute Gasteiger partial charge is 0.310 e. The van der Waals surface area contributed by atoms with E-state index in [9.17, 15) is 4.39 Å². The molecule has 3 rings (SSSR count). The zero-order valence-electron chi connectivity index (χ0n) is 11.4. The molecule has 1 unspecified atom stereocenters. The van der Waals surface area contributed by atoms with Crippen LogP contribution >= 0.6 is 11.6 Å². The minimum absolute atomic E-state index is 0.308. The van der Waals surface area contributed by atoms with E-state index < -0.39 is 0 Å². The molecule has 2 aromatic rings. The van der Waals surface area contributed by atoms with Gasteiger partial charge < -0.3 is 5.32 Å². The molecule has 0 radical (unpaired) electrons. The van der Waals surface area contributed by atoms with Gasteiger partial charge >= 0.3 is 0 Å². The van der Waals surface area contributed by atoms with E-state index in [1.54, 1.807) is 16.8 Å². The quantitative estimate of drug-likeness (QED) is 0.936. The molecule has 1 aromatic carbocycles. The standard InChI is InChI=1S/C15H17ClFN3/c1-2-18-13-7-4-8-14-10(13)9-19-20(14)15-11(16)5-3-6-12(15)17/h3,5-6,9,13,18H,2,4,7-8H2,1H3. The summed E-state index contributed by atoms with van der Waals surface area (Å²) in [5, 5.41) is 8.22. The lowest BCUT2D eigenvalue weighted by atomic mass is 9.93. The third kappa shape index (κ3) is 2.23. The van der Waals surface area contributed by atoms with Gasteiger partial charge in [0.1, 0.15) is 11.5 Å². The monoisotopic (exact) mass is 293 g/mol. The van der Waals surface area contributed by atoms with Crippen molar-refractivity contribution in [1.82, 2.24) is 15.1 Å². The highest BCUT2D eigenvalue weighted by Gasteiger charge is 2.25. The third-order valence-corrected chi connectivity index (χ3v) is 4.09. The summed E-state index contributed by atoms with van der Waals surface area (Å²) in [6, 6.07) is 5.03. The van der Waals surface area contributed by atoms with Gasteiger partial charge in [-0.3, -0.25) is 0 Å². The Hall–Kier alpha value is -1.39. The van der Waals surface area contributed by atoms with Crippen LogP contribution in [0.4, 0.5) is 4.39 Å². The molecule has 0 amide bonds. The minimum atomic E-state index is -0.339. The highest BCUT2D eigenvalue weighted by atomic mass is 35.5. The molecule has 0 saturated carbocycles. The molecule has 1 aromatic heterocycles. The fourth-order valence-corrected chi connectivity index (χ4v) is 3.14. The van der Waals surface area contributed by atoms with Gasteiger partial charge in [0.25, 0.3) is 0 Å². The first-order chi connectivity index (χ1) is 9.72. The number of fused-ring (bicyclic) bond motifs is 1. The van der Waals surface area contributed by atoms with E-state index in [-0.39, 0.29) is 5.82 Å². The van der Waals surface area contributed by atoms with E-state index in [1.807, 2.05) is 6.20 Å². The number of hydrogen-bond donors (Lipinski definition) is 1. The highest BCUT2D eigenvalue weighted by Crippen LogP contribution is 2.33. The molecule has 0 aliphatic heterocycles. The van der Waals surface area contributed by atoms with Crippen LogP contribution < -0.4 is 5.32 Å². The van der Waals surface area contributed by atoms with Crippen molar-refractivity contribution in [3.8, 4) is 5.69 Å². The van der Waals surface area contributed by atoms with Crippen LogP contribution in [0.1, 0.15) is 37.1 Å². The topological polar surface area (TPSA) is 29.9 Å². The van der Waals surface area contributed by atoms with Crippen LogP contribution in [-0.2, 0) is 6.42 Å². The lowest BCUT2D eigenvalue weighted by Gasteiger charge is -2.24. The van der Waals surface area contributed by atoms with Gasteiger partial charge in [0, 0.05) is 17.3 Å². The van der Waals surface area contributed by atoms with Gasteiger partial charge in [-0.25, -0.2) is 9.07 Å². The lowest BCUT2D eigenvalue weighted by Crippen LogP contribution is -2.25. The van der Waals surface area contributed by atoms with Crippen LogP contribution in [0.15, 0.2) is 24.4 Å². The molecule has 20 heavy (non-hydrogen) atoms. The van der Waals surface area contributed by atoms with Crippen molar-refractivity contribution in [2.24, 2.45) is 0 Å². The molecule has 0 fully saturated rings. The summed E-state index contributed by atoms with van der Waals surface area (Å²) in [5.41, 5.74) is 2.58. The van der Waals surface area contributed by atoms with Crippen LogP contribution in [-0.4, -0.2) is 16.3 Å². The molecule has 1 aliphatic rings. The van der Waals surface area contributed by atoms with Crippen LogP contribution in [0.3, 0.4) is 0 Å². The molecule has 106 valence electrons. The number of halogens is 2. The third-order valence-electron chi connectivity index (χ3n) is 3.78. The van der Waals surface area contributed by atoms with Crippen molar-refractivity contribution < 1.29 is 4.39 Å². The van der Waals surface area contributed by atoms with E-state index >= 15 is 0 Å². The first-order valence-corrected chi connectivity index (χ1v) is 7.34. The molecule has 1 heterocycles. The molecule has 0 saturated heterocycles. The smallest absolute Gasteiger partial charge is 0.150 e. The summed E-state index contributed by atoms with van der Waals surface area (Å²) in [4.78, 5) is 0. The van der Waals surface area contributed by atoms with Crippen LogP contribution in [0, 0.1) is 5.82 Å². The molecule has 5 heteroatoms. The Balaban J connectivity index is 2.09. The average Bonchev–Trinajstić information content (AvgIpc) is 2.84. The lowest BCUT2D eigenvalue weighted by molar-refractivity contribution is 0.466. The normalized spacial score (nSPS) is 18.1. The second-order valence-corrected chi connectivity index (χ2v) is 5.44. The fourth-order valence-electron chi connectivity index (χ4n) is 2.90. The summed E-state index contributed by atoms with van der Waals surface area (Å²) in [6.07, 6.45) is 4.91. The molecular weight excluding hydrogens is 277 g/mol. The van der Waals surface area contributed by atoms with Crippen LogP contribution in [0.2, 0.25) is 5.02 Å². The summed E-state index contributed by atoms with van der Waals surface area (Å²) >= 11 is 6.14. The Labute approximate surface area is 122 Å². The Bertz CT molecular complexity index is 603. The first-order valence-electron chi connectivity index (χ1n) is 6.97. The molecule has 0 bridgehead atoms. The van der Waals surface area contributed by atoms with Crippen molar-refractivity contribution in [1.29, 1.82) is 0 Å². The van der Waals surface area contributed by atoms with Gasteiger partial charge in [0.15, 0.2) is 0 Å². The summed E-state index contributed by atoms with van der Waals surface area (Å²) in [6.45, 7) is 3.00. The van der Waals surface area contributed by atoms with Gasteiger partial charge in [0.05, 0.1) is 11.2 Å². The predicted molar refractivity (Wildman–Crippen MR) is 77.9 cm³/mol. The fraction of sp³-hybridized carbons (Fsp3) is 0.400. The van der Waals surface area contributed by atoms with Gasteiger partial charge in [0.2, 0.25) is 0 Å². The van der Waals surface area contributed by atoms with Crippen molar-refractivity contribution in [2.75, 3.05) is 6.54 Å². The number of hydrogen-bond acceptors (Lipinski definition) is 2. The number of nitrogens with one attached hydrogen (secondary N) is 1. The van der Waals surface area contributed by atoms with Gasteiger partial charge in [-0.05, 0) is 37.9 Å². The van der Waals surface area contributed by atoms with Crippen LogP contribution in [0.25, 0.3) is 5.69 Å². The zero-order chi connectivity index (χ0) is 14.1. The molecule has 1 aliphatic carbocycles. The maximum atomic E-state index is 14.1. The molecular formula is C15H17ClFN3. The Kier molecular flexibility index (Phi) is 3.76. The van der Waals surface area contributed by atoms with Crippen molar-refractivity contribution in [3.05, 3.63) is 46.5 Å². The minimum Gasteiger partial charge on any atom is -0.310 e. The summed E-state index contributed by atoms with van der Waals surface area (Å²) in [7, 11) is 0. The van der Waals surface area contributed by atoms with Crippen LogP contribution in [0.5, 0.6) is 0 Å². The van der Waals surface area contributed by atoms with Gasteiger partial charge in [-0.1, -0.05) is 24.6 Å². The average molecular weight is 294 g/mol. The van der Waals surface area contributed by atoms with E-state index in [1.165, 1.54) is 6.07 Å². The van der Waals surface area contributed by atoms with E-state index in [0.717, 1.165) is 37.1 Å². The van der Waals surface area contributed by atoms with Crippen molar-refractivity contribution in [3.63, 3.8) is 0 Å². The Morgan fingerprint density at radius 1 is 1.50 bits per heavy atom. The Morgan fingerprint density at radius 2 is 2.35 bits per heavy atom. The SMILES string of the molecule is CCNC1CCCc2c1cnn2-c1c(F)cccc1Cl. The molecule has 1 N–H and O–H groups in total. The number of rotatable bonds is 3. The molecule has 1 atom stereocenters. The van der Waals surface area contributed by atoms with E-state index in [4.69, 9.17) is 11.6 Å². The maximum absolute atomic E-state index is 14.1. The number of nitrogens with zero attached hydrogens (tertiary/aromatic N) is 2. The van der Waals surface area contributed by atoms with Crippen molar-refractivity contribution in [2.45, 2.75) is 32.2 Å². The zero-order valence-corrected chi connectivity index (χ0v) is 12.1. The second-order valence-electron chi connectivity index (χ2n) is 5.03. The maximum Gasteiger partial charge on any atom is 0.150 e. The summed E-state index contributed by atoms with van der Waals surface area (Å²) in [5.74, 6) is -0.339.